The molecule has 1 atom stereocenters. The summed E-state index contributed by atoms with van der Waals surface area (Å²) in [5.74, 6) is 0.101. The monoisotopic (exact) mass is 464 g/mol. The number of nitrogens with zero attached hydrogens (tertiary/aromatic N) is 1. The zero-order valence-corrected chi connectivity index (χ0v) is 16.9. The molecule has 0 aromatic heterocycles. The number of rotatable bonds is 5. The highest BCUT2D eigenvalue weighted by Gasteiger charge is 2.36. The van der Waals surface area contributed by atoms with Crippen LogP contribution in [0.15, 0.2) is 42.5 Å². The van der Waals surface area contributed by atoms with Gasteiger partial charge in [0.2, 0.25) is 11.8 Å². The Balaban J connectivity index is 1.74. The zero-order valence-electron chi connectivity index (χ0n) is 14.8. The molecule has 1 heterocycles. The summed E-state index contributed by atoms with van der Waals surface area (Å²) in [7, 11) is 0. The number of carbonyl (C=O) groups is 2. The van der Waals surface area contributed by atoms with Crippen LogP contribution < -0.4 is 15.0 Å². The predicted octanol–water partition coefficient (Wildman–Crippen LogP) is 3.99. The van der Waals surface area contributed by atoms with E-state index in [-0.39, 0.29) is 24.2 Å². The number of ether oxygens (including phenoxy) is 1. The Kier molecular flexibility index (Phi) is 5.80. The van der Waals surface area contributed by atoms with Crippen LogP contribution in [0.5, 0.6) is 5.75 Å². The van der Waals surface area contributed by atoms with Crippen LogP contribution in [0, 0.1) is 16.4 Å². The van der Waals surface area contributed by atoms with E-state index >= 15 is 0 Å². The maximum absolute atomic E-state index is 12.7. The number of anilines is 2. The minimum Gasteiger partial charge on any atom is -0.492 e. The smallest absolute Gasteiger partial charge is 0.229 e. The number of nitrogens with one attached hydrogen (secondary N) is 1. The molecular weight excluding hydrogens is 443 g/mol. The van der Waals surface area contributed by atoms with Gasteiger partial charge in [-0.2, -0.15) is 0 Å². The molecule has 1 aliphatic heterocycles. The molecule has 136 valence electrons. The normalized spacial score (nSPS) is 16.7. The Hall–Kier alpha value is -2.09. The van der Waals surface area contributed by atoms with Gasteiger partial charge in [-0.1, -0.05) is 12.1 Å². The SMILES string of the molecule is CCOc1ccccc1N1CC(C(=O)Nc2ccc(I)cc2C)CC1=O. The van der Waals surface area contributed by atoms with Crippen LogP contribution in [0.3, 0.4) is 0 Å². The molecule has 1 N–H and O–H groups in total. The lowest BCUT2D eigenvalue weighted by molar-refractivity contribution is -0.122. The lowest BCUT2D eigenvalue weighted by atomic mass is 10.1. The number of hydrogen-bond acceptors (Lipinski definition) is 3. The molecule has 0 spiro atoms. The van der Waals surface area contributed by atoms with Gasteiger partial charge >= 0.3 is 0 Å². The van der Waals surface area contributed by atoms with Gasteiger partial charge in [-0.15, -0.1) is 0 Å². The van der Waals surface area contributed by atoms with Crippen LogP contribution in [0.1, 0.15) is 18.9 Å². The first-order valence-corrected chi connectivity index (χ1v) is 9.66. The van der Waals surface area contributed by atoms with Crippen molar-refractivity contribution in [3.8, 4) is 5.75 Å². The molecule has 2 aromatic rings. The first-order valence-electron chi connectivity index (χ1n) is 8.58. The Bertz CT molecular complexity index is 838. The highest BCUT2D eigenvalue weighted by atomic mass is 127. The molecule has 6 heteroatoms. The van der Waals surface area contributed by atoms with Gasteiger partial charge in [0.1, 0.15) is 5.75 Å². The molecule has 3 rings (SSSR count). The average Bonchev–Trinajstić information content (AvgIpc) is 3.00. The second-order valence-corrected chi connectivity index (χ2v) is 7.50. The third kappa shape index (κ3) is 4.00. The van der Waals surface area contributed by atoms with Gasteiger partial charge in [0, 0.05) is 22.2 Å². The quantitative estimate of drug-likeness (QED) is 0.681. The molecule has 2 amide bonds. The Labute approximate surface area is 166 Å². The molecule has 0 radical (unpaired) electrons. The summed E-state index contributed by atoms with van der Waals surface area (Å²) >= 11 is 2.24. The number of amides is 2. The fourth-order valence-electron chi connectivity index (χ4n) is 3.08. The first kappa shape index (κ1) is 18.7. The number of halogens is 1. The molecule has 5 nitrogen and oxygen atoms in total. The van der Waals surface area contributed by atoms with Crippen molar-refractivity contribution in [3.63, 3.8) is 0 Å². The van der Waals surface area contributed by atoms with E-state index in [1.165, 1.54) is 0 Å². The van der Waals surface area contributed by atoms with Crippen molar-refractivity contribution in [2.45, 2.75) is 20.3 Å². The van der Waals surface area contributed by atoms with Crippen LogP contribution >= 0.6 is 22.6 Å². The molecule has 1 aliphatic rings. The van der Waals surface area contributed by atoms with E-state index in [0.29, 0.717) is 18.9 Å². The average molecular weight is 464 g/mol. The van der Waals surface area contributed by atoms with Crippen LogP contribution in [-0.2, 0) is 9.59 Å². The van der Waals surface area contributed by atoms with Crippen molar-refractivity contribution in [3.05, 3.63) is 51.6 Å². The fraction of sp³-hybridized carbons (Fsp3) is 0.300. The fourth-order valence-corrected chi connectivity index (χ4v) is 3.72. The highest BCUT2D eigenvalue weighted by Crippen LogP contribution is 2.33. The lowest BCUT2D eigenvalue weighted by Gasteiger charge is -2.20. The summed E-state index contributed by atoms with van der Waals surface area (Å²) in [5, 5.41) is 2.96. The molecule has 0 aliphatic carbocycles. The number of benzene rings is 2. The number of para-hydroxylation sites is 2. The Morgan fingerprint density at radius 2 is 2.08 bits per heavy atom. The van der Waals surface area contributed by atoms with Crippen molar-refractivity contribution < 1.29 is 14.3 Å². The molecule has 26 heavy (non-hydrogen) atoms. The van der Waals surface area contributed by atoms with Gasteiger partial charge in [0.15, 0.2) is 0 Å². The zero-order chi connectivity index (χ0) is 18.7. The van der Waals surface area contributed by atoms with Gasteiger partial charge < -0.3 is 15.0 Å². The van der Waals surface area contributed by atoms with E-state index in [4.69, 9.17) is 4.74 Å². The van der Waals surface area contributed by atoms with E-state index in [9.17, 15) is 9.59 Å². The number of aryl methyl sites for hydroxylation is 1. The summed E-state index contributed by atoms with van der Waals surface area (Å²) in [6.45, 7) is 4.75. The largest absolute Gasteiger partial charge is 0.492 e. The number of carbonyl (C=O) groups excluding carboxylic acids is 2. The van der Waals surface area contributed by atoms with Crippen LogP contribution in [-0.4, -0.2) is 25.0 Å². The topological polar surface area (TPSA) is 58.6 Å². The van der Waals surface area contributed by atoms with Crippen LogP contribution in [0.2, 0.25) is 0 Å². The minimum absolute atomic E-state index is 0.0587. The third-order valence-electron chi connectivity index (χ3n) is 4.40. The van der Waals surface area contributed by atoms with E-state index in [2.05, 4.69) is 27.9 Å². The van der Waals surface area contributed by atoms with Crippen molar-refractivity contribution >= 4 is 45.8 Å². The van der Waals surface area contributed by atoms with Crippen molar-refractivity contribution in [2.24, 2.45) is 5.92 Å². The molecule has 1 fully saturated rings. The molecule has 2 aromatic carbocycles. The van der Waals surface area contributed by atoms with E-state index in [1.807, 2.05) is 56.3 Å². The van der Waals surface area contributed by atoms with Crippen molar-refractivity contribution in [2.75, 3.05) is 23.4 Å². The standard InChI is InChI=1S/C20H21IN2O3/c1-3-26-18-7-5-4-6-17(18)23-12-14(11-19(23)24)20(25)22-16-9-8-15(21)10-13(16)2/h4-10,14H,3,11-12H2,1-2H3,(H,22,25). The van der Waals surface area contributed by atoms with E-state index in [0.717, 1.165) is 20.5 Å². The summed E-state index contributed by atoms with van der Waals surface area (Å²) in [6, 6.07) is 13.3. The molecule has 0 saturated carbocycles. The summed E-state index contributed by atoms with van der Waals surface area (Å²) in [6.07, 6.45) is 0.204. The van der Waals surface area contributed by atoms with Gasteiger partial charge in [0.25, 0.3) is 0 Å². The van der Waals surface area contributed by atoms with Gasteiger partial charge in [-0.25, -0.2) is 0 Å². The Morgan fingerprint density at radius 1 is 1.31 bits per heavy atom. The predicted molar refractivity (Wildman–Crippen MR) is 111 cm³/mol. The van der Waals surface area contributed by atoms with Gasteiger partial charge in [0.05, 0.1) is 18.2 Å². The van der Waals surface area contributed by atoms with Gasteiger partial charge in [-0.05, 0) is 72.3 Å². The maximum Gasteiger partial charge on any atom is 0.229 e. The van der Waals surface area contributed by atoms with Crippen molar-refractivity contribution in [1.82, 2.24) is 0 Å². The minimum atomic E-state index is -0.379. The molecule has 0 bridgehead atoms. The highest BCUT2D eigenvalue weighted by molar-refractivity contribution is 14.1. The van der Waals surface area contributed by atoms with Crippen molar-refractivity contribution in [1.29, 1.82) is 0 Å². The molecule has 1 saturated heterocycles. The van der Waals surface area contributed by atoms with E-state index < -0.39 is 0 Å². The maximum atomic E-state index is 12.7. The second-order valence-electron chi connectivity index (χ2n) is 6.25. The van der Waals surface area contributed by atoms with Gasteiger partial charge in [-0.3, -0.25) is 9.59 Å². The molecule has 1 unspecified atom stereocenters. The summed E-state index contributed by atoms with van der Waals surface area (Å²) in [4.78, 5) is 26.8. The molecular formula is C20H21IN2O3. The Morgan fingerprint density at radius 3 is 2.81 bits per heavy atom. The van der Waals surface area contributed by atoms with Crippen LogP contribution in [0.25, 0.3) is 0 Å². The van der Waals surface area contributed by atoms with Crippen LogP contribution in [0.4, 0.5) is 11.4 Å². The lowest BCUT2D eigenvalue weighted by Crippen LogP contribution is -2.28. The first-order chi connectivity index (χ1) is 12.5. The summed E-state index contributed by atoms with van der Waals surface area (Å²) in [5.41, 5.74) is 2.52. The third-order valence-corrected chi connectivity index (χ3v) is 5.07. The number of hydrogen-bond donors (Lipinski definition) is 1. The van der Waals surface area contributed by atoms with E-state index in [1.54, 1.807) is 4.90 Å². The second kappa shape index (κ2) is 8.07. The summed E-state index contributed by atoms with van der Waals surface area (Å²) < 4.78 is 6.74.